The summed E-state index contributed by atoms with van der Waals surface area (Å²) in [5.41, 5.74) is 0. The second kappa shape index (κ2) is 3.01. The number of hydrogen-bond acceptors (Lipinski definition) is 4. The zero-order valence-corrected chi connectivity index (χ0v) is 8.58. The molecule has 0 aromatic rings. The van der Waals surface area contributed by atoms with E-state index >= 15 is 0 Å². The molecule has 0 N–H and O–H groups in total. The summed E-state index contributed by atoms with van der Waals surface area (Å²) in [6.07, 6.45) is 0. The summed E-state index contributed by atoms with van der Waals surface area (Å²) in [7, 11) is 6.32. The van der Waals surface area contributed by atoms with Gasteiger partial charge in [-0.15, -0.1) is 0 Å². The second-order valence-corrected chi connectivity index (χ2v) is 3.74. The highest BCUT2D eigenvalue weighted by Gasteiger charge is 2.28. The highest BCUT2D eigenvalue weighted by Crippen LogP contribution is 2.23. The first-order valence-corrected chi connectivity index (χ1v) is 4.70. The van der Waals surface area contributed by atoms with Crippen LogP contribution in [0.15, 0.2) is 11.7 Å². The van der Waals surface area contributed by atoms with Crippen LogP contribution in [0.1, 0.15) is 0 Å². The van der Waals surface area contributed by atoms with E-state index in [9.17, 15) is 0 Å². The van der Waals surface area contributed by atoms with Crippen molar-refractivity contribution in [2.24, 2.45) is 0 Å². The molecule has 74 valence electrons. The van der Waals surface area contributed by atoms with Gasteiger partial charge in [0.15, 0.2) is 5.82 Å². The number of rotatable bonds is 0. The van der Waals surface area contributed by atoms with Crippen LogP contribution in [0.25, 0.3) is 0 Å². The largest absolute Gasteiger partial charge is 0.475 e. The van der Waals surface area contributed by atoms with Crippen LogP contribution in [0, 0.1) is 0 Å². The first-order chi connectivity index (χ1) is 6.20. The average molecular weight is 183 g/mol. The number of hydrogen-bond donors (Lipinski definition) is 0. The van der Waals surface area contributed by atoms with Gasteiger partial charge in [-0.1, -0.05) is 0 Å². The van der Waals surface area contributed by atoms with Gasteiger partial charge in [-0.05, 0) is 0 Å². The summed E-state index contributed by atoms with van der Waals surface area (Å²) in [4.78, 5) is 6.70. The highest BCUT2D eigenvalue weighted by atomic mass is 16.5. The van der Waals surface area contributed by atoms with Gasteiger partial charge in [-0.3, -0.25) is 0 Å². The number of ether oxygens (including phenoxy) is 1. The van der Waals surface area contributed by atoms with Crippen molar-refractivity contribution in [2.75, 3.05) is 47.4 Å². The van der Waals surface area contributed by atoms with Crippen LogP contribution in [-0.4, -0.2) is 62.1 Å². The van der Waals surface area contributed by atoms with Gasteiger partial charge in [-0.2, -0.15) is 0 Å². The van der Waals surface area contributed by atoms with Gasteiger partial charge < -0.3 is 19.4 Å². The monoisotopic (exact) mass is 183 g/mol. The molecule has 2 heterocycles. The Balaban J connectivity index is 2.33. The van der Waals surface area contributed by atoms with Gasteiger partial charge in [-0.25, -0.2) is 0 Å². The van der Waals surface area contributed by atoms with Crippen LogP contribution in [0.2, 0.25) is 0 Å². The van der Waals surface area contributed by atoms with E-state index in [1.54, 1.807) is 0 Å². The summed E-state index contributed by atoms with van der Waals surface area (Å²) >= 11 is 0. The van der Waals surface area contributed by atoms with Crippen molar-refractivity contribution >= 4 is 0 Å². The van der Waals surface area contributed by atoms with Gasteiger partial charge in [0, 0.05) is 34.2 Å². The van der Waals surface area contributed by atoms with Crippen LogP contribution < -0.4 is 0 Å². The van der Waals surface area contributed by atoms with Crippen molar-refractivity contribution in [3.8, 4) is 0 Å². The summed E-state index contributed by atoms with van der Waals surface area (Å²) < 4.78 is 5.66. The van der Waals surface area contributed by atoms with E-state index in [4.69, 9.17) is 4.74 Å². The lowest BCUT2D eigenvalue weighted by Crippen LogP contribution is -2.47. The zero-order valence-electron chi connectivity index (χ0n) is 8.58. The lowest BCUT2D eigenvalue weighted by molar-refractivity contribution is 0.0288. The molecule has 4 heteroatoms. The minimum atomic E-state index is 0.799. The Bertz CT molecular complexity index is 233. The molecule has 2 aliphatic rings. The average Bonchev–Trinajstić information content (AvgIpc) is 2.12. The molecule has 0 aliphatic carbocycles. The fourth-order valence-electron chi connectivity index (χ4n) is 1.86. The second-order valence-electron chi connectivity index (χ2n) is 3.74. The fraction of sp³-hybridized carbons (Fsp3) is 0.778. The molecule has 0 amide bonds. The van der Waals surface area contributed by atoms with Crippen molar-refractivity contribution in [3.05, 3.63) is 11.7 Å². The Morgan fingerprint density at radius 1 is 0.923 bits per heavy atom. The maximum absolute atomic E-state index is 5.66. The predicted octanol–water partition coefficient (Wildman–Crippen LogP) is -0.0478. The molecule has 0 saturated carbocycles. The van der Waals surface area contributed by atoms with Gasteiger partial charge in [0.2, 0.25) is 5.88 Å². The Morgan fingerprint density at radius 3 is 2.23 bits per heavy atom. The van der Waals surface area contributed by atoms with Crippen LogP contribution in [0.4, 0.5) is 0 Å². The SMILES string of the molecule is CN1CCN(C)C2=C1OCCN2C. The van der Waals surface area contributed by atoms with Crippen LogP contribution in [0.5, 0.6) is 0 Å². The predicted molar refractivity (Wildman–Crippen MR) is 50.9 cm³/mol. The van der Waals surface area contributed by atoms with Gasteiger partial charge in [0.25, 0.3) is 0 Å². The van der Waals surface area contributed by atoms with E-state index in [1.807, 2.05) is 0 Å². The van der Waals surface area contributed by atoms with Gasteiger partial charge in [0.05, 0.1) is 6.54 Å². The molecule has 0 radical (unpaired) electrons. The van der Waals surface area contributed by atoms with E-state index < -0.39 is 0 Å². The molecule has 4 nitrogen and oxygen atoms in total. The minimum absolute atomic E-state index is 0.799. The van der Waals surface area contributed by atoms with Crippen molar-refractivity contribution in [1.82, 2.24) is 14.7 Å². The molecular weight excluding hydrogens is 166 g/mol. The summed E-state index contributed by atoms with van der Waals surface area (Å²) in [5.74, 6) is 2.25. The fourth-order valence-corrected chi connectivity index (χ4v) is 1.86. The molecule has 0 aromatic carbocycles. The maximum Gasteiger partial charge on any atom is 0.231 e. The molecule has 0 unspecified atom stereocenters. The lowest BCUT2D eigenvalue weighted by Gasteiger charge is -2.42. The summed E-state index contributed by atoms with van der Waals surface area (Å²) in [5, 5.41) is 0. The molecule has 0 fully saturated rings. The number of nitrogens with zero attached hydrogens (tertiary/aromatic N) is 3. The van der Waals surface area contributed by atoms with E-state index in [0.717, 1.165) is 32.1 Å². The zero-order chi connectivity index (χ0) is 9.42. The highest BCUT2D eigenvalue weighted by molar-refractivity contribution is 5.10. The Hall–Kier alpha value is -1.06. The Labute approximate surface area is 79.4 Å². The normalized spacial score (nSPS) is 23.2. The third-order valence-corrected chi connectivity index (χ3v) is 2.70. The van der Waals surface area contributed by atoms with Crippen molar-refractivity contribution in [2.45, 2.75) is 0 Å². The summed E-state index contributed by atoms with van der Waals surface area (Å²) in [6, 6.07) is 0. The van der Waals surface area contributed by atoms with Crippen molar-refractivity contribution < 1.29 is 4.74 Å². The van der Waals surface area contributed by atoms with E-state index in [1.165, 1.54) is 5.82 Å². The van der Waals surface area contributed by atoms with E-state index in [-0.39, 0.29) is 0 Å². The van der Waals surface area contributed by atoms with Gasteiger partial charge >= 0.3 is 0 Å². The van der Waals surface area contributed by atoms with Crippen LogP contribution in [-0.2, 0) is 4.74 Å². The summed E-state index contributed by atoms with van der Waals surface area (Å²) in [6.45, 7) is 3.90. The molecular formula is C9H17N3O. The standard InChI is InChI=1S/C9H17N3O/c1-10-4-5-12(3)9-8(10)11(2)6-7-13-9/h4-7H2,1-3H3. The van der Waals surface area contributed by atoms with Crippen LogP contribution >= 0.6 is 0 Å². The first kappa shape index (κ1) is 8.53. The van der Waals surface area contributed by atoms with Crippen molar-refractivity contribution in [3.63, 3.8) is 0 Å². The van der Waals surface area contributed by atoms with Crippen molar-refractivity contribution in [1.29, 1.82) is 0 Å². The Kier molecular flexibility index (Phi) is 1.98. The molecule has 2 aliphatic heterocycles. The van der Waals surface area contributed by atoms with E-state index in [2.05, 4.69) is 35.8 Å². The third-order valence-electron chi connectivity index (χ3n) is 2.70. The molecule has 0 aromatic heterocycles. The van der Waals surface area contributed by atoms with Crippen LogP contribution in [0.3, 0.4) is 0 Å². The van der Waals surface area contributed by atoms with E-state index in [0.29, 0.717) is 0 Å². The molecule has 0 spiro atoms. The molecule has 13 heavy (non-hydrogen) atoms. The molecule has 2 rings (SSSR count). The molecule has 0 atom stereocenters. The third kappa shape index (κ3) is 1.30. The number of likely N-dealkylation sites (N-methyl/N-ethyl adjacent to an activating group) is 3. The Morgan fingerprint density at radius 2 is 1.54 bits per heavy atom. The smallest absolute Gasteiger partial charge is 0.231 e. The maximum atomic E-state index is 5.66. The first-order valence-electron chi connectivity index (χ1n) is 4.70. The topological polar surface area (TPSA) is 19.0 Å². The molecule has 0 saturated heterocycles. The quantitative estimate of drug-likeness (QED) is 0.524. The minimum Gasteiger partial charge on any atom is -0.475 e. The van der Waals surface area contributed by atoms with Gasteiger partial charge in [0.1, 0.15) is 6.61 Å². The lowest BCUT2D eigenvalue weighted by atomic mass is 10.3. The molecule has 0 bridgehead atoms.